The van der Waals surface area contributed by atoms with Gasteiger partial charge in [0.25, 0.3) is 0 Å². The van der Waals surface area contributed by atoms with E-state index in [9.17, 15) is 9.59 Å². The zero-order valence-electron chi connectivity index (χ0n) is 36.1. The summed E-state index contributed by atoms with van der Waals surface area (Å²) in [7, 11) is -31.3. The Balaban J connectivity index is 1.24. The van der Waals surface area contributed by atoms with E-state index in [0.29, 0.717) is 0 Å². The molecule has 2 N–H and O–H groups in total. The monoisotopic (exact) mass is 958 g/mol. The summed E-state index contributed by atoms with van der Waals surface area (Å²) in [6, 6.07) is 0. The van der Waals surface area contributed by atoms with Crippen LogP contribution in [-0.4, -0.2) is 79.5 Å². The maximum Gasteiger partial charge on any atom is 0.654 e. The van der Waals surface area contributed by atoms with Crippen molar-refractivity contribution < 1.29 is 50.7 Å². The van der Waals surface area contributed by atoms with Gasteiger partial charge in [0.15, 0.2) is 0 Å². The van der Waals surface area contributed by atoms with Gasteiger partial charge in [0.1, 0.15) is 0 Å². The van der Waals surface area contributed by atoms with Crippen LogP contribution in [0.2, 0.25) is 51.9 Å². The van der Waals surface area contributed by atoms with Gasteiger partial charge in [-0.25, -0.2) is 0 Å². The van der Waals surface area contributed by atoms with Gasteiger partial charge < -0.3 is 50.7 Å². The minimum Gasteiger partial charge on any atom is -0.394 e. The second-order valence-electron chi connectivity index (χ2n) is 21.0. The first kappa shape index (κ1) is 43.9. The van der Waals surface area contributed by atoms with Gasteiger partial charge in [-0.3, -0.25) is 0 Å². The minimum absolute atomic E-state index is 0.0643. The fraction of sp³-hybridized carbons (Fsp3) is 0.949. The van der Waals surface area contributed by atoms with Crippen LogP contribution in [0.4, 0.5) is 0 Å². The van der Waals surface area contributed by atoms with E-state index in [-0.39, 0.29) is 38.8 Å². The molecule has 0 aromatic heterocycles. The van der Waals surface area contributed by atoms with Crippen molar-refractivity contribution in [3.63, 3.8) is 0 Å². The van der Waals surface area contributed by atoms with Gasteiger partial charge in [0.2, 0.25) is 8.32 Å². The summed E-state index contributed by atoms with van der Waals surface area (Å²) < 4.78 is 76.9. The van der Waals surface area contributed by atoms with Gasteiger partial charge in [0, 0.05) is 38.8 Å². The van der Waals surface area contributed by atoms with Crippen LogP contribution >= 0.6 is 0 Å². The average Bonchev–Trinajstić information content (AvgIpc) is 4.04. The molecule has 4 bridgehead atoms. The average molecular weight is 960 g/mol. The Kier molecular flexibility index (Phi) is 12.4. The van der Waals surface area contributed by atoms with E-state index < -0.39 is 69.9 Å². The van der Waals surface area contributed by atoms with Gasteiger partial charge in [-0.15, -0.1) is 6.58 Å². The lowest BCUT2D eigenvalue weighted by atomic mass is 10.3. The number of hydrogen-bond acceptors (Lipinski definition) is 12. The Bertz CT molecular complexity index is 1460. The molecule has 0 spiro atoms. The van der Waals surface area contributed by atoms with Gasteiger partial charge in [-0.2, -0.15) is 0 Å². The van der Waals surface area contributed by atoms with Gasteiger partial charge in [0.05, 0.1) is 0 Å². The van der Waals surface area contributed by atoms with Crippen LogP contribution < -0.4 is 0 Å². The Labute approximate surface area is 362 Å². The third-order valence-electron chi connectivity index (χ3n) is 16.8. The molecule has 4 unspecified atom stereocenters. The second-order valence-corrected chi connectivity index (χ2v) is 47.1. The van der Waals surface area contributed by atoms with Crippen molar-refractivity contribution in [3.8, 4) is 0 Å². The lowest BCUT2D eigenvalue weighted by Gasteiger charge is -2.61. The number of fused-ring (bicyclic) bond motifs is 4. The molecule has 10 aliphatic rings. The van der Waals surface area contributed by atoms with Crippen LogP contribution in [0.5, 0.6) is 0 Å². The molecule has 3 heterocycles. The summed E-state index contributed by atoms with van der Waals surface area (Å²) in [5.74, 6) is 0. The van der Waals surface area contributed by atoms with Crippen molar-refractivity contribution in [3.05, 3.63) is 12.3 Å². The molecule has 20 heteroatoms. The van der Waals surface area contributed by atoms with Crippen LogP contribution in [0.25, 0.3) is 0 Å². The first-order valence-electron chi connectivity index (χ1n) is 24.5. The van der Waals surface area contributed by atoms with E-state index >= 15 is 0 Å². The standard InChI is InChI=1S/C39H74O12Si8/c1-4-52(2,3)42-59-47-53(33-19-5-6-20-33,34-21-7-8-22-34)43-56(50-59,39-31-17-18-32-39)49-58(41)45-54(35-23-9-10-24-35,36-25-11-12-26-36)44-57(40,51-58)46-55(48-59,37-27-13-14-28-37)38-29-15-16-30-38/h4,33-41H,1,5-32H2,2-3H3. The molecule has 0 amide bonds. The van der Waals surface area contributed by atoms with Crippen LogP contribution in [0.1, 0.15) is 180 Å². The number of rotatable bonds is 10. The summed E-state index contributed by atoms with van der Waals surface area (Å²) in [5, 5.41) is 0. The normalized spacial score (nSPS) is 40.7. The molecule has 0 aromatic rings. The van der Waals surface area contributed by atoms with Crippen LogP contribution in [0.3, 0.4) is 0 Å². The summed E-state index contributed by atoms with van der Waals surface area (Å²) in [5.41, 5.74) is 2.70. The third-order valence-corrected chi connectivity index (χ3v) is 53.0. The topological polar surface area (TPSA) is 133 Å². The van der Waals surface area contributed by atoms with E-state index in [0.717, 1.165) is 180 Å². The molecule has 0 radical (unpaired) electrons. The maximum absolute atomic E-state index is 13.7. The Morgan fingerprint density at radius 3 is 1.03 bits per heavy atom. The summed E-state index contributed by atoms with van der Waals surface area (Å²) in [6.45, 7) is 8.64. The Morgan fingerprint density at radius 1 is 0.407 bits per heavy atom. The maximum atomic E-state index is 13.7. The molecule has 4 atom stereocenters. The second kappa shape index (κ2) is 16.7. The first-order valence-corrected chi connectivity index (χ1v) is 40.1. The highest BCUT2D eigenvalue weighted by atomic mass is 28.6. The molecule has 3 saturated heterocycles. The smallest absolute Gasteiger partial charge is 0.394 e. The van der Waals surface area contributed by atoms with Crippen molar-refractivity contribution in [2.75, 3.05) is 0 Å². The minimum atomic E-state index is -4.84. The third kappa shape index (κ3) is 7.98. The van der Waals surface area contributed by atoms with Crippen molar-refractivity contribution >= 4 is 69.9 Å². The van der Waals surface area contributed by atoms with Crippen molar-refractivity contribution in [1.82, 2.24) is 0 Å². The zero-order chi connectivity index (χ0) is 40.6. The van der Waals surface area contributed by atoms with E-state index in [1.165, 1.54) is 0 Å². The van der Waals surface area contributed by atoms with Crippen molar-refractivity contribution in [1.29, 1.82) is 0 Å². The van der Waals surface area contributed by atoms with E-state index in [2.05, 4.69) is 19.7 Å². The summed E-state index contributed by atoms with van der Waals surface area (Å²) in [6.07, 6.45) is 28.8. The Hall–Kier alpha value is 0.995. The van der Waals surface area contributed by atoms with Crippen molar-refractivity contribution in [2.24, 2.45) is 0 Å². The van der Waals surface area contributed by atoms with E-state index in [4.69, 9.17) is 41.2 Å². The molecular weight excluding hydrogens is 885 g/mol. The van der Waals surface area contributed by atoms with Gasteiger partial charge >= 0.3 is 61.6 Å². The molecule has 10 fully saturated rings. The molecule has 7 saturated carbocycles. The first-order chi connectivity index (χ1) is 28.4. The van der Waals surface area contributed by atoms with Crippen LogP contribution in [0.15, 0.2) is 12.3 Å². The van der Waals surface area contributed by atoms with E-state index in [1.54, 1.807) is 0 Å². The lowest BCUT2D eigenvalue weighted by Crippen LogP contribution is -2.85. The zero-order valence-corrected chi connectivity index (χ0v) is 44.1. The van der Waals surface area contributed by atoms with Crippen molar-refractivity contribution in [2.45, 2.75) is 232 Å². The molecule has 334 valence electrons. The highest BCUT2D eigenvalue weighted by molar-refractivity contribution is 7.00. The molecule has 10 rings (SSSR count). The van der Waals surface area contributed by atoms with Crippen LogP contribution in [0, 0.1) is 0 Å². The fourth-order valence-corrected chi connectivity index (χ4v) is 60.9. The quantitative estimate of drug-likeness (QED) is 0.202. The van der Waals surface area contributed by atoms with E-state index in [1.807, 2.05) is 5.70 Å². The molecule has 59 heavy (non-hydrogen) atoms. The summed E-state index contributed by atoms with van der Waals surface area (Å²) >= 11 is 0. The fourth-order valence-electron chi connectivity index (χ4n) is 14.0. The number of hydrogen-bond donors (Lipinski definition) is 2. The molecule has 7 aliphatic carbocycles. The molecular formula is C39H74O12Si8. The van der Waals surface area contributed by atoms with Crippen LogP contribution in [-0.2, 0) is 41.2 Å². The summed E-state index contributed by atoms with van der Waals surface area (Å²) in [4.78, 5) is 27.2. The van der Waals surface area contributed by atoms with Gasteiger partial charge in [-0.05, 0) is 103 Å². The SMILES string of the molecule is C=C[Si](C)(C)O[Si]12O[Si](C3CCCC3)(O[Si]3(O)O[Si](O)(O[Si](C4CCCC4)(C4CCCC4)O3)O[Si](C3CCCC3)(C3CCCC3)O1)O[Si](C1CCCC1)(C1CCCC1)O2. The Morgan fingerprint density at radius 2 is 0.695 bits per heavy atom. The predicted molar refractivity (Wildman–Crippen MR) is 239 cm³/mol. The molecule has 3 aliphatic heterocycles. The predicted octanol–water partition coefficient (Wildman–Crippen LogP) is 10.3. The highest BCUT2D eigenvalue weighted by Crippen LogP contribution is 2.63. The highest BCUT2D eigenvalue weighted by Gasteiger charge is 2.83. The van der Waals surface area contributed by atoms with Gasteiger partial charge in [-0.1, -0.05) is 95.6 Å². The molecule has 12 nitrogen and oxygen atoms in total. The molecule has 0 aromatic carbocycles. The lowest BCUT2D eigenvalue weighted by molar-refractivity contribution is -0.0379. The largest absolute Gasteiger partial charge is 0.654 e.